The first-order chi connectivity index (χ1) is 8.15. The molecule has 0 bridgehead atoms. The molecule has 0 aliphatic carbocycles. The lowest BCUT2D eigenvalue weighted by Crippen LogP contribution is -2.38. The van der Waals surface area contributed by atoms with Crippen LogP contribution in [0.1, 0.15) is 5.56 Å². The van der Waals surface area contributed by atoms with Crippen LogP contribution < -0.4 is 0 Å². The van der Waals surface area contributed by atoms with E-state index in [1.165, 1.54) is 0 Å². The van der Waals surface area contributed by atoms with Crippen LogP contribution in [0.4, 0.5) is 0 Å². The van der Waals surface area contributed by atoms with Gasteiger partial charge in [0.05, 0.1) is 38.4 Å². The first-order valence-electron chi connectivity index (χ1n) is 5.34. The minimum Gasteiger partial charge on any atom is -0.508 e. The van der Waals surface area contributed by atoms with E-state index in [-0.39, 0.29) is 32.2 Å². The van der Waals surface area contributed by atoms with Gasteiger partial charge in [-0.3, -0.25) is 0 Å². The molecule has 0 saturated heterocycles. The first-order valence-corrected chi connectivity index (χ1v) is 5.34. The second-order valence-electron chi connectivity index (χ2n) is 4.13. The van der Waals surface area contributed by atoms with Crippen LogP contribution in [0.3, 0.4) is 0 Å². The monoisotopic (exact) mass is 242 g/mol. The van der Waals surface area contributed by atoms with E-state index >= 15 is 0 Å². The summed E-state index contributed by atoms with van der Waals surface area (Å²) in [6.45, 7) is -0.653. The highest BCUT2D eigenvalue weighted by molar-refractivity contribution is 5.25. The predicted octanol–water partition coefficient (Wildman–Crippen LogP) is -0.128. The van der Waals surface area contributed by atoms with Gasteiger partial charge in [0.25, 0.3) is 0 Å². The Morgan fingerprint density at radius 2 is 1.47 bits per heavy atom. The summed E-state index contributed by atoms with van der Waals surface area (Å²) in [5.41, 5.74) is -0.137. The predicted molar refractivity (Wildman–Crippen MR) is 61.5 cm³/mol. The molecular formula is C12H18O5. The summed E-state index contributed by atoms with van der Waals surface area (Å²) in [6.07, 6.45) is 0. The van der Waals surface area contributed by atoms with Gasteiger partial charge in [-0.05, 0) is 17.7 Å². The van der Waals surface area contributed by atoms with Crippen molar-refractivity contribution in [3.05, 3.63) is 29.8 Å². The Bertz CT molecular complexity index is 310. The molecule has 1 rings (SSSR count). The van der Waals surface area contributed by atoms with Crippen molar-refractivity contribution in [2.45, 2.75) is 6.61 Å². The third kappa shape index (κ3) is 3.98. The van der Waals surface area contributed by atoms with E-state index < -0.39 is 5.41 Å². The summed E-state index contributed by atoms with van der Waals surface area (Å²) in [5, 5.41) is 36.3. The van der Waals surface area contributed by atoms with Gasteiger partial charge in [-0.2, -0.15) is 0 Å². The molecule has 17 heavy (non-hydrogen) atoms. The molecule has 0 unspecified atom stereocenters. The van der Waals surface area contributed by atoms with Crippen LogP contribution in [0.5, 0.6) is 5.75 Å². The van der Waals surface area contributed by atoms with Crippen LogP contribution in [0.25, 0.3) is 0 Å². The van der Waals surface area contributed by atoms with Crippen LogP contribution >= 0.6 is 0 Å². The average Bonchev–Trinajstić information content (AvgIpc) is 2.38. The molecule has 1 aromatic rings. The van der Waals surface area contributed by atoms with Crippen molar-refractivity contribution in [1.29, 1.82) is 0 Å². The number of ether oxygens (including phenoxy) is 1. The van der Waals surface area contributed by atoms with Gasteiger partial charge in [0, 0.05) is 0 Å². The lowest BCUT2D eigenvalue weighted by atomic mass is 9.93. The number of aliphatic hydroxyl groups excluding tert-OH is 3. The zero-order valence-corrected chi connectivity index (χ0v) is 9.54. The third-order valence-corrected chi connectivity index (χ3v) is 2.62. The number of aliphatic hydroxyl groups is 3. The molecule has 0 aliphatic heterocycles. The summed E-state index contributed by atoms with van der Waals surface area (Å²) in [5.74, 6) is 0.184. The lowest BCUT2D eigenvalue weighted by Gasteiger charge is -2.26. The molecule has 0 heterocycles. The molecule has 0 aliphatic rings. The van der Waals surface area contributed by atoms with Gasteiger partial charge >= 0.3 is 0 Å². The third-order valence-electron chi connectivity index (χ3n) is 2.62. The van der Waals surface area contributed by atoms with Crippen LogP contribution in [-0.2, 0) is 11.3 Å². The quantitative estimate of drug-likeness (QED) is 0.535. The Balaban J connectivity index is 2.43. The summed E-state index contributed by atoms with van der Waals surface area (Å²) in [6, 6.07) is 6.54. The highest BCUT2D eigenvalue weighted by Gasteiger charge is 2.28. The fourth-order valence-corrected chi connectivity index (χ4v) is 1.26. The van der Waals surface area contributed by atoms with Gasteiger partial charge in [-0.1, -0.05) is 12.1 Å². The number of rotatable bonds is 7. The van der Waals surface area contributed by atoms with Gasteiger partial charge < -0.3 is 25.2 Å². The van der Waals surface area contributed by atoms with Crippen molar-refractivity contribution < 1.29 is 25.2 Å². The number of phenols is 1. The van der Waals surface area contributed by atoms with Crippen LogP contribution in [0.15, 0.2) is 24.3 Å². The van der Waals surface area contributed by atoms with Crippen molar-refractivity contribution in [2.24, 2.45) is 5.41 Å². The molecule has 5 heteroatoms. The summed E-state index contributed by atoms with van der Waals surface area (Å²) in [4.78, 5) is 0. The highest BCUT2D eigenvalue weighted by atomic mass is 16.5. The summed E-state index contributed by atoms with van der Waals surface area (Å²) >= 11 is 0. The Kier molecular flexibility index (Phi) is 5.37. The molecule has 0 radical (unpaired) electrons. The number of phenolic OH excluding ortho intramolecular Hbond substituents is 1. The largest absolute Gasteiger partial charge is 0.508 e. The van der Waals surface area contributed by atoms with Gasteiger partial charge in [-0.25, -0.2) is 0 Å². The fourth-order valence-electron chi connectivity index (χ4n) is 1.26. The summed E-state index contributed by atoms with van der Waals surface area (Å²) in [7, 11) is 0. The minimum absolute atomic E-state index is 0.0668. The average molecular weight is 242 g/mol. The molecule has 0 fully saturated rings. The van der Waals surface area contributed by atoms with Crippen molar-refractivity contribution >= 4 is 0 Å². The van der Waals surface area contributed by atoms with Crippen LogP contribution in [0, 0.1) is 5.41 Å². The molecule has 0 spiro atoms. The molecular weight excluding hydrogens is 224 g/mol. The van der Waals surface area contributed by atoms with Crippen molar-refractivity contribution in [3.8, 4) is 5.75 Å². The standard InChI is InChI=1S/C12H18O5/c13-6-12(7-14,8-15)9-17-5-10-1-3-11(16)4-2-10/h1-4,13-16H,5-9H2. The van der Waals surface area contributed by atoms with E-state index in [9.17, 15) is 0 Å². The first kappa shape index (κ1) is 13.9. The number of benzene rings is 1. The van der Waals surface area contributed by atoms with E-state index in [1.54, 1.807) is 24.3 Å². The van der Waals surface area contributed by atoms with Crippen LogP contribution in [0.2, 0.25) is 0 Å². The molecule has 96 valence electrons. The van der Waals surface area contributed by atoms with Crippen molar-refractivity contribution in [3.63, 3.8) is 0 Å². The number of aromatic hydroxyl groups is 1. The molecule has 0 amide bonds. The maximum Gasteiger partial charge on any atom is 0.115 e. The Labute approximate surface area is 99.9 Å². The van der Waals surface area contributed by atoms with E-state index in [1.807, 2.05) is 0 Å². The van der Waals surface area contributed by atoms with E-state index in [4.69, 9.17) is 25.2 Å². The number of hydrogen-bond acceptors (Lipinski definition) is 5. The molecule has 4 N–H and O–H groups in total. The lowest BCUT2D eigenvalue weighted by molar-refractivity contribution is -0.0621. The molecule has 5 nitrogen and oxygen atoms in total. The number of hydrogen-bond donors (Lipinski definition) is 4. The highest BCUT2D eigenvalue weighted by Crippen LogP contribution is 2.17. The van der Waals surface area contributed by atoms with E-state index in [0.717, 1.165) is 5.56 Å². The minimum atomic E-state index is -1.00. The SMILES string of the molecule is OCC(CO)(CO)COCc1ccc(O)cc1. The Hall–Kier alpha value is -1.14. The Morgan fingerprint density at radius 1 is 0.941 bits per heavy atom. The fraction of sp³-hybridized carbons (Fsp3) is 0.500. The maximum absolute atomic E-state index is 9.09. The normalized spacial score (nSPS) is 11.7. The molecule has 0 atom stereocenters. The zero-order valence-electron chi connectivity index (χ0n) is 9.54. The maximum atomic E-state index is 9.09. The second-order valence-corrected chi connectivity index (χ2v) is 4.13. The van der Waals surface area contributed by atoms with Crippen LogP contribution in [-0.4, -0.2) is 46.9 Å². The van der Waals surface area contributed by atoms with Gasteiger partial charge in [0.15, 0.2) is 0 Å². The zero-order chi connectivity index (χ0) is 12.7. The second kappa shape index (κ2) is 6.56. The van der Waals surface area contributed by atoms with Crippen molar-refractivity contribution in [2.75, 3.05) is 26.4 Å². The van der Waals surface area contributed by atoms with Gasteiger partial charge in [0.2, 0.25) is 0 Å². The van der Waals surface area contributed by atoms with E-state index in [2.05, 4.69) is 0 Å². The van der Waals surface area contributed by atoms with Gasteiger partial charge in [0.1, 0.15) is 5.75 Å². The Morgan fingerprint density at radius 3 is 1.94 bits per heavy atom. The molecule has 0 aromatic heterocycles. The summed E-state index contributed by atoms with van der Waals surface area (Å²) < 4.78 is 5.34. The topological polar surface area (TPSA) is 90.2 Å². The smallest absolute Gasteiger partial charge is 0.115 e. The molecule has 0 saturated carbocycles. The molecule has 1 aromatic carbocycles. The van der Waals surface area contributed by atoms with E-state index in [0.29, 0.717) is 6.61 Å². The van der Waals surface area contributed by atoms with Crippen molar-refractivity contribution in [1.82, 2.24) is 0 Å². The van der Waals surface area contributed by atoms with Gasteiger partial charge in [-0.15, -0.1) is 0 Å².